The molecule has 0 spiro atoms. The van der Waals surface area contributed by atoms with E-state index >= 15 is 0 Å². The largest absolute Gasteiger partial charge is 0.461 e. The molecule has 2 heterocycles. The molecule has 0 bridgehead atoms. The van der Waals surface area contributed by atoms with Crippen molar-refractivity contribution in [2.75, 3.05) is 6.61 Å². The van der Waals surface area contributed by atoms with Crippen molar-refractivity contribution in [1.29, 1.82) is 0 Å². The minimum Gasteiger partial charge on any atom is -0.461 e. The molecule has 4 nitrogen and oxygen atoms in total. The van der Waals surface area contributed by atoms with Crippen LogP contribution in [0.25, 0.3) is 16.9 Å². The van der Waals surface area contributed by atoms with Crippen molar-refractivity contribution in [3.63, 3.8) is 0 Å². The summed E-state index contributed by atoms with van der Waals surface area (Å²) >= 11 is 1.73. The Bertz CT molecular complexity index is 962. The molecule has 0 radical (unpaired) electrons. The Hall–Kier alpha value is -2.53. The number of nitrogens with zero attached hydrogens (tertiary/aromatic N) is 2. The quantitative estimate of drug-likeness (QED) is 0.646. The summed E-state index contributed by atoms with van der Waals surface area (Å²) in [5.74, 6) is 0.359. The fourth-order valence-corrected chi connectivity index (χ4v) is 4.21. The maximum absolute atomic E-state index is 12.5. The van der Waals surface area contributed by atoms with Gasteiger partial charge in [-0.2, -0.15) is 5.10 Å². The van der Waals surface area contributed by atoms with Crippen LogP contribution in [0.3, 0.4) is 0 Å². The third kappa shape index (κ3) is 2.65. The first-order chi connectivity index (χ1) is 12.2. The number of carbonyl (C=O) groups is 1. The van der Waals surface area contributed by atoms with Crippen LogP contribution >= 0.6 is 11.8 Å². The van der Waals surface area contributed by atoms with Gasteiger partial charge in [0.15, 0.2) is 5.69 Å². The minimum atomic E-state index is -0.355. The van der Waals surface area contributed by atoms with Gasteiger partial charge in [0.25, 0.3) is 0 Å². The monoisotopic (exact) mass is 350 g/mol. The molecule has 1 aliphatic rings. The second kappa shape index (κ2) is 6.41. The van der Waals surface area contributed by atoms with Crippen LogP contribution in [0.2, 0.25) is 0 Å². The van der Waals surface area contributed by atoms with Crippen LogP contribution in [-0.4, -0.2) is 22.4 Å². The highest BCUT2D eigenvalue weighted by molar-refractivity contribution is 7.98. The summed E-state index contributed by atoms with van der Waals surface area (Å²) in [6.45, 7) is 4.21. The van der Waals surface area contributed by atoms with Gasteiger partial charge >= 0.3 is 5.97 Å². The van der Waals surface area contributed by atoms with Gasteiger partial charge in [0, 0.05) is 21.8 Å². The molecule has 126 valence electrons. The fourth-order valence-electron chi connectivity index (χ4n) is 3.14. The summed E-state index contributed by atoms with van der Waals surface area (Å²) in [5.41, 5.74) is 5.56. The molecule has 25 heavy (non-hydrogen) atoms. The molecule has 0 saturated heterocycles. The Morgan fingerprint density at radius 1 is 1.20 bits per heavy atom. The standard InChI is InChI=1S/C20H18N2O2S/c1-3-24-20(23)18-15-12-25-17-11-7-5-9-14(17)19(15)22(21-18)16-10-6-4-8-13(16)2/h4-11H,3,12H2,1-2H3. The third-order valence-corrected chi connectivity index (χ3v) is 5.41. The Kier molecular flexibility index (Phi) is 4.09. The number of carbonyl (C=O) groups excluding carboxylic acids is 1. The molecule has 0 saturated carbocycles. The van der Waals surface area contributed by atoms with E-state index in [1.165, 1.54) is 4.90 Å². The lowest BCUT2D eigenvalue weighted by Gasteiger charge is -2.18. The van der Waals surface area contributed by atoms with Gasteiger partial charge in [-0.1, -0.05) is 36.4 Å². The maximum atomic E-state index is 12.5. The van der Waals surface area contributed by atoms with Crippen LogP contribution < -0.4 is 0 Å². The van der Waals surface area contributed by atoms with Gasteiger partial charge in [-0.15, -0.1) is 11.8 Å². The molecular weight excluding hydrogens is 332 g/mol. The first kappa shape index (κ1) is 16.0. The molecule has 0 aliphatic carbocycles. The Balaban J connectivity index is 2.00. The van der Waals surface area contributed by atoms with Crippen molar-refractivity contribution >= 4 is 17.7 Å². The number of para-hydroxylation sites is 1. The van der Waals surface area contributed by atoms with Crippen LogP contribution in [0, 0.1) is 6.92 Å². The van der Waals surface area contributed by atoms with Crippen molar-refractivity contribution < 1.29 is 9.53 Å². The lowest BCUT2D eigenvalue weighted by atomic mass is 10.1. The second-order valence-corrected chi connectivity index (χ2v) is 6.90. The van der Waals surface area contributed by atoms with Crippen molar-refractivity contribution in [1.82, 2.24) is 9.78 Å². The highest BCUT2D eigenvalue weighted by Crippen LogP contribution is 2.43. The van der Waals surface area contributed by atoms with Gasteiger partial charge in [-0.25, -0.2) is 9.48 Å². The summed E-state index contributed by atoms with van der Waals surface area (Å²) < 4.78 is 7.14. The molecular formula is C20H18N2O2S. The van der Waals surface area contributed by atoms with E-state index in [-0.39, 0.29) is 5.97 Å². The van der Waals surface area contributed by atoms with E-state index in [2.05, 4.69) is 30.2 Å². The van der Waals surface area contributed by atoms with Gasteiger partial charge in [-0.3, -0.25) is 0 Å². The number of esters is 1. The first-order valence-corrected chi connectivity index (χ1v) is 9.26. The predicted molar refractivity (Wildman–Crippen MR) is 99.3 cm³/mol. The third-order valence-electron chi connectivity index (χ3n) is 4.31. The van der Waals surface area contributed by atoms with Gasteiger partial charge < -0.3 is 4.74 Å². The number of benzene rings is 2. The van der Waals surface area contributed by atoms with Crippen LogP contribution in [0.4, 0.5) is 0 Å². The van der Waals surface area contributed by atoms with E-state index in [1.807, 2.05) is 41.9 Å². The molecule has 2 aromatic carbocycles. The number of hydrogen-bond acceptors (Lipinski definition) is 4. The highest BCUT2D eigenvalue weighted by atomic mass is 32.2. The van der Waals surface area contributed by atoms with E-state index in [4.69, 9.17) is 4.74 Å². The summed E-state index contributed by atoms with van der Waals surface area (Å²) in [6, 6.07) is 16.3. The number of aromatic nitrogens is 2. The highest BCUT2D eigenvalue weighted by Gasteiger charge is 2.30. The zero-order valence-electron chi connectivity index (χ0n) is 14.2. The van der Waals surface area contributed by atoms with Crippen molar-refractivity contribution in [2.45, 2.75) is 24.5 Å². The average Bonchev–Trinajstić information content (AvgIpc) is 3.02. The van der Waals surface area contributed by atoms with E-state index < -0.39 is 0 Å². The lowest BCUT2D eigenvalue weighted by Crippen LogP contribution is -2.08. The summed E-state index contributed by atoms with van der Waals surface area (Å²) in [6.07, 6.45) is 0. The fraction of sp³-hybridized carbons (Fsp3) is 0.200. The van der Waals surface area contributed by atoms with E-state index in [0.717, 1.165) is 28.1 Å². The normalized spacial score (nSPS) is 12.4. The first-order valence-electron chi connectivity index (χ1n) is 8.28. The topological polar surface area (TPSA) is 44.1 Å². The SMILES string of the molecule is CCOC(=O)c1nn(-c2ccccc2C)c2c1CSc1ccccc1-2. The molecule has 1 aromatic heterocycles. The lowest BCUT2D eigenvalue weighted by molar-refractivity contribution is 0.0518. The van der Waals surface area contributed by atoms with E-state index in [1.54, 1.807) is 11.8 Å². The number of fused-ring (bicyclic) bond motifs is 3. The molecule has 4 rings (SSSR count). The molecule has 0 fully saturated rings. The average molecular weight is 350 g/mol. The zero-order valence-corrected chi connectivity index (χ0v) is 15.0. The minimum absolute atomic E-state index is 0.342. The van der Waals surface area contributed by atoms with Gasteiger partial charge in [0.05, 0.1) is 18.0 Å². The molecule has 5 heteroatoms. The Morgan fingerprint density at radius 2 is 1.96 bits per heavy atom. The van der Waals surface area contributed by atoms with Crippen LogP contribution in [-0.2, 0) is 10.5 Å². The molecule has 1 aliphatic heterocycles. The maximum Gasteiger partial charge on any atom is 0.359 e. The van der Waals surface area contributed by atoms with Crippen molar-refractivity contribution in [2.24, 2.45) is 0 Å². The van der Waals surface area contributed by atoms with E-state index in [0.29, 0.717) is 18.1 Å². The summed E-state index contributed by atoms with van der Waals surface area (Å²) in [7, 11) is 0. The van der Waals surface area contributed by atoms with Crippen molar-refractivity contribution in [3.05, 3.63) is 65.4 Å². The van der Waals surface area contributed by atoms with Crippen molar-refractivity contribution in [3.8, 4) is 16.9 Å². The number of thioether (sulfide) groups is 1. The summed E-state index contributed by atoms with van der Waals surface area (Å²) in [5, 5.41) is 4.67. The number of rotatable bonds is 3. The molecule has 3 aromatic rings. The van der Waals surface area contributed by atoms with E-state index in [9.17, 15) is 4.79 Å². The van der Waals surface area contributed by atoms with Crippen LogP contribution in [0.1, 0.15) is 28.5 Å². The van der Waals surface area contributed by atoms with Crippen LogP contribution in [0.15, 0.2) is 53.4 Å². The van der Waals surface area contributed by atoms with Gasteiger partial charge in [-0.05, 0) is 31.5 Å². The van der Waals surface area contributed by atoms with Gasteiger partial charge in [0.2, 0.25) is 0 Å². The smallest absolute Gasteiger partial charge is 0.359 e. The Labute approximate surface area is 150 Å². The zero-order chi connectivity index (χ0) is 17.4. The number of hydrogen-bond donors (Lipinski definition) is 0. The molecule has 0 amide bonds. The second-order valence-electron chi connectivity index (χ2n) is 5.88. The Morgan fingerprint density at radius 3 is 2.76 bits per heavy atom. The molecule has 0 N–H and O–H groups in total. The summed E-state index contributed by atoms with van der Waals surface area (Å²) in [4.78, 5) is 13.7. The molecule has 0 atom stereocenters. The number of aryl methyl sites for hydroxylation is 1. The van der Waals surface area contributed by atoms with Gasteiger partial charge in [0.1, 0.15) is 0 Å². The number of ether oxygens (including phenoxy) is 1. The van der Waals surface area contributed by atoms with Crippen LogP contribution in [0.5, 0.6) is 0 Å². The molecule has 0 unspecified atom stereocenters. The predicted octanol–water partition coefficient (Wildman–Crippen LogP) is 4.63.